The van der Waals surface area contributed by atoms with Crippen LogP contribution < -0.4 is 10.1 Å². The van der Waals surface area contributed by atoms with E-state index in [1.807, 2.05) is 13.8 Å². The largest absolute Gasteiger partial charge is 0.491 e. The fourth-order valence-electron chi connectivity index (χ4n) is 1.75. The van der Waals surface area contributed by atoms with Gasteiger partial charge < -0.3 is 15.2 Å². The Kier molecular flexibility index (Phi) is 7.35. The first-order valence-electron chi connectivity index (χ1n) is 7.43. The van der Waals surface area contributed by atoms with Gasteiger partial charge in [0.1, 0.15) is 18.5 Å². The molecule has 0 aliphatic carbocycles. The number of hydrogen-bond acceptors (Lipinski definition) is 3. The second-order valence-electron chi connectivity index (χ2n) is 5.73. The molecule has 0 fully saturated rings. The van der Waals surface area contributed by atoms with Crippen LogP contribution >= 0.6 is 0 Å². The van der Waals surface area contributed by atoms with Crippen LogP contribution in [0.3, 0.4) is 0 Å². The van der Waals surface area contributed by atoms with Crippen molar-refractivity contribution in [1.29, 1.82) is 0 Å². The molecule has 0 bridgehead atoms. The van der Waals surface area contributed by atoms with Gasteiger partial charge in [0.2, 0.25) is 5.91 Å². The number of carbonyl (C=O) groups is 1. The molecule has 1 rings (SSSR count). The first-order chi connectivity index (χ1) is 10.7. The molecule has 1 atom stereocenters. The summed E-state index contributed by atoms with van der Waals surface area (Å²) in [4.78, 5) is 11.5. The van der Waals surface area contributed by atoms with Crippen molar-refractivity contribution in [1.82, 2.24) is 5.32 Å². The Labute approximate surface area is 133 Å². The van der Waals surface area contributed by atoms with Crippen LogP contribution in [0.25, 0.3) is 0 Å². The number of hydrogen-bond donors (Lipinski definition) is 2. The van der Waals surface area contributed by atoms with Gasteiger partial charge in [-0.1, -0.05) is 19.9 Å². The molecule has 1 unspecified atom stereocenters. The molecular weight excluding hydrogens is 311 g/mol. The van der Waals surface area contributed by atoms with Gasteiger partial charge in [-0.3, -0.25) is 4.79 Å². The van der Waals surface area contributed by atoms with Crippen LogP contribution in [0, 0.1) is 5.92 Å². The number of aliphatic hydroxyl groups excluding tert-OH is 1. The number of amides is 1. The average molecular weight is 333 g/mol. The predicted octanol–water partition coefficient (Wildman–Crippen LogP) is 3.00. The summed E-state index contributed by atoms with van der Waals surface area (Å²) in [7, 11) is 0. The van der Waals surface area contributed by atoms with Crippen molar-refractivity contribution in [3.63, 3.8) is 0 Å². The van der Waals surface area contributed by atoms with E-state index in [0.29, 0.717) is 12.3 Å². The van der Waals surface area contributed by atoms with E-state index in [4.69, 9.17) is 4.74 Å². The lowest BCUT2D eigenvalue weighted by atomic mass is 10.1. The van der Waals surface area contributed by atoms with E-state index in [0.717, 1.165) is 18.6 Å². The van der Waals surface area contributed by atoms with E-state index >= 15 is 0 Å². The molecular formula is C16H22F3NO3. The number of aliphatic hydroxyl groups is 1. The summed E-state index contributed by atoms with van der Waals surface area (Å²) in [5.74, 6) is 0.261. The second-order valence-corrected chi connectivity index (χ2v) is 5.73. The summed E-state index contributed by atoms with van der Waals surface area (Å²) in [6, 6.07) is 4.42. The summed E-state index contributed by atoms with van der Waals surface area (Å²) in [5.41, 5.74) is -0.813. The topological polar surface area (TPSA) is 58.6 Å². The molecule has 0 heterocycles. The average Bonchev–Trinajstić information content (AvgIpc) is 2.48. The lowest BCUT2D eigenvalue weighted by Crippen LogP contribution is -2.35. The Morgan fingerprint density at radius 2 is 2.04 bits per heavy atom. The molecule has 2 N–H and O–H groups in total. The zero-order valence-electron chi connectivity index (χ0n) is 13.2. The highest BCUT2D eigenvalue weighted by Gasteiger charge is 2.30. The van der Waals surface area contributed by atoms with E-state index in [9.17, 15) is 23.1 Å². The van der Waals surface area contributed by atoms with Gasteiger partial charge in [0, 0.05) is 13.0 Å². The standard InChI is InChI=1S/C16H22F3NO3/c1-11(2)6-7-15(22)20-9-13(21)10-23-14-5-3-4-12(8-14)16(17,18)19/h3-5,8,11,13,21H,6-7,9-10H2,1-2H3,(H,20,22). The first-order valence-corrected chi connectivity index (χ1v) is 7.43. The zero-order chi connectivity index (χ0) is 17.5. The fourth-order valence-corrected chi connectivity index (χ4v) is 1.75. The quantitative estimate of drug-likeness (QED) is 0.769. The van der Waals surface area contributed by atoms with Gasteiger partial charge in [0.25, 0.3) is 0 Å². The minimum absolute atomic E-state index is 0.00408. The van der Waals surface area contributed by atoms with Gasteiger partial charge in [-0.2, -0.15) is 13.2 Å². The fraction of sp³-hybridized carbons (Fsp3) is 0.562. The molecule has 0 aliphatic heterocycles. The number of benzene rings is 1. The van der Waals surface area contributed by atoms with Crippen LogP contribution in [0.1, 0.15) is 32.3 Å². The molecule has 0 radical (unpaired) electrons. The molecule has 0 saturated carbocycles. The summed E-state index contributed by atoms with van der Waals surface area (Å²) >= 11 is 0. The third-order valence-corrected chi connectivity index (χ3v) is 3.09. The molecule has 7 heteroatoms. The maximum atomic E-state index is 12.6. The Balaban J connectivity index is 2.36. The molecule has 0 spiro atoms. The molecule has 1 aromatic rings. The lowest BCUT2D eigenvalue weighted by molar-refractivity contribution is -0.137. The molecule has 130 valence electrons. The maximum Gasteiger partial charge on any atom is 0.416 e. The van der Waals surface area contributed by atoms with Crippen molar-refractivity contribution in [3.05, 3.63) is 29.8 Å². The molecule has 1 amide bonds. The first kappa shape index (κ1) is 19.3. The highest BCUT2D eigenvalue weighted by atomic mass is 19.4. The second kappa shape index (κ2) is 8.76. The maximum absolute atomic E-state index is 12.6. The number of alkyl halides is 3. The SMILES string of the molecule is CC(C)CCC(=O)NCC(O)COc1cccc(C(F)(F)F)c1. The Morgan fingerprint density at radius 3 is 2.65 bits per heavy atom. The van der Waals surface area contributed by atoms with Crippen molar-refractivity contribution in [2.24, 2.45) is 5.92 Å². The van der Waals surface area contributed by atoms with Gasteiger partial charge in [-0.25, -0.2) is 0 Å². The summed E-state index contributed by atoms with van der Waals surface area (Å²) in [6.07, 6.45) is -4.31. The Morgan fingerprint density at radius 1 is 1.35 bits per heavy atom. The molecule has 1 aromatic carbocycles. The normalized spacial score (nSPS) is 13.0. The lowest BCUT2D eigenvalue weighted by Gasteiger charge is -2.14. The van der Waals surface area contributed by atoms with Crippen molar-refractivity contribution in [2.75, 3.05) is 13.2 Å². The number of nitrogens with one attached hydrogen (secondary N) is 1. The van der Waals surface area contributed by atoms with E-state index in [-0.39, 0.29) is 24.8 Å². The van der Waals surface area contributed by atoms with Gasteiger partial charge in [0.05, 0.1) is 5.56 Å². The summed E-state index contributed by atoms with van der Waals surface area (Å²) < 4.78 is 42.8. The number of ether oxygens (including phenoxy) is 1. The van der Waals surface area contributed by atoms with Gasteiger partial charge in [-0.05, 0) is 30.5 Å². The monoisotopic (exact) mass is 333 g/mol. The van der Waals surface area contributed by atoms with Crippen LogP contribution in [0.2, 0.25) is 0 Å². The highest BCUT2D eigenvalue weighted by molar-refractivity contribution is 5.75. The molecule has 0 saturated heterocycles. The minimum Gasteiger partial charge on any atom is -0.491 e. The summed E-state index contributed by atoms with van der Waals surface area (Å²) in [5, 5.41) is 12.3. The van der Waals surface area contributed by atoms with E-state index < -0.39 is 17.8 Å². The van der Waals surface area contributed by atoms with Crippen LogP contribution in [-0.4, -0.2) is 30.3 Å². The van der Waals surface area contributed by atoms with E-state index in [1.165, 1.54) is 12.1 Å². The van der Waals surface area contributed by atoms with Crippen LogP contribution in [0.15, 0.2) is 24.3 Å². The van der Waals surface area contributed by atoms with Crippen molar-refractivity contribution < 1.29 is 27.8 Å². The zero-order valence-corrected chi connectivity index (χ0v) is 13.2. The third-order valence-electron chi connectivity index (χ3n) is 3.09. The van der Waals surface area contributed by atoms with Gasteiger partial charge >= 0.3 is 6.18 Å². The van der Waals surface area contributed by atoms with Crippen molar-refractivity contribution in [3.8, 4) is 5.75 Å². The van der Waals surface area contributed by atoms with Crippen LogP contribution in [0.4, 0.5) is 13.2 Å². The van der Waals surface area contributed by atoms with Crippen LogP contribution in [-0.2, 0) is 11.0 Å². The molecule has 23 heavy (non-hydrogen) atoms. The van der Waals surface area contributed by atoms with Gasteiger partial charge in [-0.15, -0.1) is 0 Å². The number of carbonyl (C=O) groups excluding carboxylic acids is 1. The predicted molar refractivity (Wildman–Crippen MR) is 80.0 cm³/mol. The van der Waals surface area contributed by atoms with Crippen molar-refractivity contribution >= 4 is 5.91 Å². The highest BCUT2D eigenvalue weighted by Crippen LogP contribution is 2.31. The van der Waals surface area contributed by atoms with E-state index in [2.05, 4.69) is 5.32 Å². The molecule has 0 aliphatic rings. The number of halogens is 3. The van der Waals surface area contributed by atoms with E-state index in [1.54, 1.807) is 0 Å². The smallest absolute Gasteiger partial charge is 0.416 e. The summed E-state index contributed by atoms with van der Waals surface area (Å²) in [6.45, 7) is 3.80. The molecule has 0 aromatic heterocycles. The Bertz CT molecular complexity index is 504. The molecule has 4 nitrogen and oxygen atoms in total. The van der Waals surface area contributed by atoms with Crippen LogP contribution in [0.5, 0.6) is 5.75 Å². The third kappa shape index (κ3) is 7.88. The Hall–Kier alpha value is -1.76. The van der Waals surface area contributed by atoms with Crippen molar-refractivity contribution in [2.45, 2.75) is 39.0 Å². The minimum atomic E-state index is -4.44. The number of rotatable bonds is 8. The van der Waals surface area contributed by atoms with Gasteiger partial charge in [0.15, 0.2) is 0 Å².